The van der Waals surface area contributed by atoms with Crippen molar-refractivity contribution in [2.45, 2.75) is 37.6 Å². The van der Waals surface area contributed by atoms with E-state index in [0.717, 1.165) is 18.4 Å². The van der Waals surface area contributed by atoms with Gasteiger partial charge in [-0.05, 0) is 24.8 Å². The van der Waals surface area contributed by atoms with Gasteiger partial charge in [0.2, 0.25) is 0 Å². The molecule has 6 nitrogen and oxygen atoms in total. The minimum atomic E-state index is -3.42. The van der Waals surface area contributed by atoms with Crippen LogP contribution in [0.25, 0.3) is 0 Å². The van der Waals surface area contributed by atoms with Crippen LogP contribution in [-0.2, 0) is 26.3 Å². The molecule has 0 amide bonds. The van der Waals surface area contributed by atoms with Gasteiger partial charge in [0.1, 0.15) is 5.60 Å². The molecule has 0 bridgehead atoms. The van der Waals surface area contributed by atoms with Gasteiger partial charge in [-0.1, -0.05) is 30.3 Å². The number of nitrogens with zero attached hydrogens (tertiary/aromatic N) is 2. The molecule has 0 N–H and O–H groups in total. The van der Waals surface area contributed by atoms with E-state index in [9.17, 15) is 8.42 Å². The molecule has 0 aromatic heterocycles. The van der Waals surface area contributed by atoms with Crippen molar-refractivity contribution in [3.8, 4) is 0 Å². The minimum absolute atomic E-state index is 0.0752. The predicted octanol–water partition coefficient (Wildman–Crippen LogP) is 1.63. The van der Waals surface area contributed by atoms with Crippen LogP contribution in [0.1, 0.15) is 24.8 Å². The topological polar surface area (TPSA) is 59.1 Å². The molecule has 3 rings (SSSR count). The first-order chi connectivity index (χ1) is 11.4. The van der Waals surface area contributed by atoms with Crippen molar-refractivity contribution in [2.24, 2.45) is 0 Å². The summed E-state index contributed by atoms with van der Waals surface area (Å²) < 4.78 is 39.9. The molecule has 2 atom stereocenters. The van der Waals surface area contributed by atoms with E-state index in [1.807, 2.05) is 30.3 Å². The second-order valence-electron chi connectivity index (χ2n) is 6.71. The van der Waals surface area contributed by atoms with Gasteiger partial charge in [-0.3, -0.25) is 0 Å². The third-order valence-corrected chi connectivity index (χ3v) is 6.77. The third kappa shape index (κ3) is 3.50. The summed E-state index contributed by atoms with van der Waals surface area (Å²) in [6.07, 6.45) is 2.36. The van der Waals surface area contributed by atoms with Gasteiger partial charge < -0.3 is 9.47 Å². The van der Waals surface area contributed by atoms with Gasteiger partial charge in [0.05, 0.1) is 12.7 Å². The zero-order chi connectivity index (χ0) is 17.2. The molecule has 134 valence electrons. The van der Waals surface area contributed by atoms with Crippen LogP contribution in [-0.4, -0.2) is 62.5 Å². The summed E-state index contributed by atoms with van der Waals surface area (Å²) in [5, 5.41) is 0. The fourth-order valence-electron chi connectivity index (χ4n) is 3.54. The lowest BCUT2D eigenvalue weighted by Gasteiger charge is -2.45. The third-order valence-electron chi connectivity index (χ3n) is 4.89. The highest BCUT2D eigenvalue weighted by molar-refractivity contribution is 7.86. The van der Waals surface area contributed by atoms with E-state index in [1.165, 1.54) is 8.61 Å². The first kappa shape index (κ1) is 17.8. The number of hydrogen-bond acceptors (Lipinski definition) is 4. The van der Waals surface area contributed by atoms with Crippen molar-refractivity contribution in [1.82, 2.24) is 8.61 Å². The maximum atomic E-state index is 12.5. The maximum absolute atomic E-state index is 12.5. The highest BCUT2D eigenvalue weighted by atomic mass is 32.2. The van der Waals surface area contributed by atoms with Crippen LogP contribution in [0.4, 0.5) is 0 Å². The van der Waals surface area contributed by atoms with Crippen molar-refractivity contribution in [2.75, 3.05) is 33.8 Å². The fraction of sp³-hybridized carbons (Fsp3) is 0.647. The molecule has 2 aliphatic rings. The predicted molar refractivity (Wildman–Crippen MR) is 91.7 cm³/mol. The molecular weight excluding hydrogens is 328 g/mol. The number of hydrogen-bond donors (Lipinski definition) is 0. The van der Waals surface area contributed by atoms with E-state index in [1.54, 1.807) is 14.1 Å². The molecule has 2 aliphatic heterocycles. The molecule has 2 saturated heterocycles. The van der Waals surface area contributed by atoms with Gasteiger partial charge in [-0.25, -0.2) is 0 Å². The Hall–Kier alpha value is -0.990. The maximum Gasteiger partial charge on any atom is 0.281 e. The van der Waals surface area contributed by atoms with Gasteiger partial charge in [0, 0.05) is 33.8 Å². The molecule has 2 fully saturated rings. The Morgan fingerprint density at radius 3 is 2.71 bits per heavy atom. The standard InChI is InChI=1S/C17H26N2O4S/c1-18(2)24(20,21)19-11-9-16(17(14-19)10-6-12-23-17)22-13-15-7-4-3-5-8-15/h3-5,7-8,16H,6,9-14H2,1-2H3/t16-,17-/m0/s1. The molecule has 0 saturated carbocycles. The first-order valence-corrected chi connectivity index (χ1v) is 9.81. The molecule has 2 heterocycles. The largest absolute Gasteiger partial charge is 0.371 e. The second kappa shape index (κ2) is 7.09. The van der Waals surface area contributed by atoms with E-state index in [-0.39, 0.29) is 6.10 Å². The van der Waals surface area contributed by atoms with Gasteiger partial charge in [-0.2, -0.15) is 17.0 Å². The Morgan fingerprint density at radius 2 is 2.08 bits per heavy atom. The minimum Gasteiger partial charge on any atom is -0.371 e. The Morgan fingerprint density at radius 1 is 1.33 bits per heavy atom. The van der Waals surface area contributed by atoms with E-state index >= 15 is 0 Å². The number of ether oxygens (including phenoxy) is 2. The average molecular weight is 354 g/mol. The summed E-state index contributed by atoms with van der Waals surface area (Å²) in [6.45, 7) is 2.02. The first-order valence-electron chi connectivity index (χ1n) is 8.41. The molecule has 7 heteroatoms. The van der Waals surface area contributed by atoms with Crippen molar-refractivity contribution in [3.63, 3.8) is 0 Å². The highest BCUT2D eigenvalue weighted by Crippen LogP contribution is 2.38. The second-order valence-corrected chi connectivity index (χ2v) is 8.86. The van der Waals surface area contributed by atoms with E-state index < -0.39 is 15.8 Å². The SMILES string of the molecule is CN(C)S(=O)(=O)N1CC[C@H](OCc2ccccc2)[C@]2(CCCO2)C1. The van der Waals surface area contributed by atoms with Crippen LogP contribution in [0.5, 0.6) is 0 Å². The lowest BCUT2D eigenvalue weighted by molar-refractivity contribution is -0.149. The Bertz CT molecular complexity index is 642. The number of benzene rings is 1. The number of piperidine rings is 1. The number of rotatable bonds is 5. The van der Waals surface area contributed by atoms with Gasteiger partial charge >= 0.3 is 0 Å². The van der Waals surface area contributed by atoms with Crippen LogP contribution in [0, 0.1) is 0 Å². The quantitative estimate of drug-likeness (QED) is 0.806. The molecule has 0 unspecified atom stereocenters. The average Bonchev–Trinajstić information content (AvgIpc) is 3.03. The summed E-state index contributed by atoms with van der Waals surface area (Å²) in [4.78, 5) is 0. The van der Waals surface area contributed by atoms with E-state index in [2.05, 4.69) is 0 Å². The highest BCUT2D eigenvalue weighted by Gasteiger charge is 2.50. The normalized spacial score (nSPS) is 28.7. The van der Waals surface area contributed by atoms with Crippen molar-refractivity contribution in [1.29, 1.82) is 0 Å². The summed E-state index contributed by atoms with van der Waals surface area (Å²) in [7, 11) is -0.293. The molecule has 1 spiro atoms. The smallest absolute Gasteiger partial charge is 0.281 e. The van der Waals surface area contributed by atoms with Crippen molar-refractivity contribution in [3.05, 3.63) is 35.9 Å². The molecule has 1 aromatic carbocycles. The molecule has 24 heavy (non-hydrogen) atoms. The van der Waals surface area contributed by atoms with E-state index in [4.69, 9.17) is 9.47 Å². The van der Waals surface area contributed by atoms with Gasteiger partial charge in [-0.15, -0.1) is 0 Å². The van der Waals surface area contributed by atoms with Gasteiger partial charge in [0.25, 0.3) is 10.2 Å². The zero-order valence-electron chi connectivity index (χ0n) is 14.3. The Balaban J connectivity index is 1.72. The summed E-state index contributed by atoms with van der Waals surface area (Å²) in [5.41, 5.74) is 0.602. The van der Waals surface area contributed by atoms with Crippen LogP contribution >= 0.6 is 0 Å². The van der Waals surface area contributed by atoms with Crippen LogP contribution in [0.2, 0.25) is 0 Å². The molecule has 0 radical (unpaired) electrons. The zero-order valence-corrected chi connectivity index (χ0v) is 15.2. The summed E-state index contributed by atoms with van der Waals surface area (Å²) >= 11 is 0. The van der Waals surface area contributed by atoms with E-state index in [0.29, 0.717) is 32.7 Å². The summed E-state index contributed by atoms with van der Waals surface area (Å²) in [5.74, 6) is 0. The molecule has 1 aromatic rings. The fourth-order valence-corrected chi connectivity index (χ4v) is 4.72. The van der Waals surface area contributed by atoms with Crippen molar-refractivity contribution >= 4 is 10.2 Å². The van der Waals surface area contributed by atoms with Crippen LogP contribution in [0.3, 0.4) is 0 Å². The van der Waals surface area contributed by atoms with Gasteiger partial charge in [0.15, 0.2) is 0 Å². The van der Waals surface area contributed by atoms with Crippen LogP contribution < -0.4 is 0 Å². The lowest BCUT2D eigenvalue weighted by atomic mass is 9.88. The molecular formula is C17H26N2O4S. The lowest BCUT2D eigenvalue weighted by Crippen LogP contribution is -2.60. The molecule has 0 aliphatic carbocycles. The van der Waals surface area contributed by atoms with Crippen LogP contribution in [0.15, 0.2) is 30.3 Å². The van der Waals surface area contributed by atoms with Crippen molar-refractivity contribution < 1.29 is 17.9 Å². The Kier molecular flexibility index (Phi) is 5.27. The monoisotopic (exact) mass is 354 g/mol. The summed E-state index contributed by atoms with van der Waals surface area (Å²) in [6, 6.07) is 10.0. The Labute approximate surface area is 144 Å².